The molecule has 3 N–H and O–H groups in total. The quantitative estimate of drug-likeness (QED) is 0.503. The number of carbonyl (C=O) groups is 1. The maximum atomic E-state index is 13.6. The molecule has 2 aromatic carbocycles. The van der Waals surface area contributed by atoms with Gasteiger partial charge in [-0.05, 0) is 85.5 Å². The first-order valence-electron chi connectivity index (χ1n) is 13.2. The topological polar surface area (TPSA) is 82.0 Å². The Hall–Kier alpha value is -2.61. The zero-order chi connectivity index (χ0) is 24.2. The van der Waals surface area contributed by atoms with Crippen molar-refractivity contribution in [1.82, 2.24) is 10.2 Å². The normalized spacial score (nSPS) is 34.3. The van der Waals surface area contributed by atoms with E-state index in [1.165, 1.54) is 18.4 Å². The van der Waals surface area contributed by atoms with Crippen molar-refractivity contribution >= 4 is 27.3 Å². The molecule has 8 rings (SSSR count). The summed E-state index contributed by atoms with van der Waals surface area (Å²) in [5, 5.41) is 29.8. The number of aromatic hydroxyl groups is 1. The Morgan fingerprint density at radius 2 is 2.06 bits per heavy atom. The van der Waals surface area contributed by atoms with Gasteiger partial charge in [-0.25, -0.2) is 0 Å². The van der Waals surface area contributed by atoms with Gasteiger partial charge in [-0.3, -0.25) is 9.69 Å². The number of phenols is 1. The minimum absolute atomic E-state index is 0.0393. The molecule has 0 unspecified atom stereocenters. The lowest BCUT2D eigenvalue weighted by molar-refractivity contribution is -0.191. The number of phenolic OH excluding ortho intramolecular Hbond substituents is 1. The lowest BCUT2D eigenvalue weighted by atomic mass is 9.48. The van der Waals surface area contributed by atoms with Crippen molar-refractivity contribution < 1.29 is 19.7 Å². The minimum Gasteiger partial charge on any atom is -0.504 e. The van der Waals surface area contributed by atoms with Gasteiger partial charge in [0, 0.05) is 22.8 Å². The van der Waals surface area contributed by atoms with Gasteiger partial charge in [-0.2, -0.15) is 0 Å². The minimum atomic E-state index is -0.939. The fraction of sp³-hybridized carbons (Fsp3) is 0.483. The van der Waals surface area contributed by atoms with Crippen LogP contribution >= 0.6 is 11.3 Å². The van der Waals surface area contributed by atoms with Gasteiger partial charge in [0.25, 0.3) is 5.91 Å². The molecule has 2 saturated carbocycles. The number of thiophene rings is 1. The van der Waals surface area contributed by atoms with Crippen LogP contribution < -0.4 is 10.1 Å². The number of carbonyl (C=O) groups excluding carboxylic acids is 1. The van der Waals surface area contributed by atoms with E-state index in [0.717, 1.165) is 47.5 Å². The van der Waals surface area contributed by atoms with Crippen LogP contribution in [0.3, 0.4) is 0 Å². The predicted molar refractivity (Wildman–Crippen MR) is 138 cm³/mol. The molecule has 3 aliphatic carbocycles. The van der Waals surface area contributed by atoms with Gasteiger partial charge in [0.15, 0.2) is 11.5 Å². The van der Waals surface area contributed by atoms with Gasteiger partial charge in [0.05, 0.1) is 22.6 Å². The van der Waals surface area contributed by atoms with Crippen LogP contribution in [0.25, 0.3) is 10.1 Å². The van der Waals surface area contributed by atoms with E-state index >= 15 is 0 Å². The first-order valence-corrected chi connectivity index (χ1v) is 14.1. The second-order valence-electron chi connectivity index (χ2n) is 11.6. The maximum absolute atomic E-state index is 13.6. The summed E-state index contributed by atoms with van der Waals surface area (Å²) in [7, 11) is 0. The summed E-state index contributed by atoms with van der Waals surface area (Å²) in [4.78, 5) is 16.1. The van der Waals surface area contributed by atoms with Crippen LogP contribution in [-0.2, 0) is 11.8 Å². The zero-order valence-corrected chi connectivity index (χ0v) is 20.9. The van der Waals surface area contributed by atoms with Crippen molar-refractivity contribution in [3.05, 3.63) is 58.5 Å². The molecule has 3 heterocycles. The highest BCUT2D eigenvalue weighted by Gasteiger charge is 2.73. The smallest absolute Gasteiger partial charge is 0.253 e. The van der Waals surface area contributed by atoms with Gasteiger partial charge in [-0.1, -0.05) is 18.2 Å². The number of fused-ring (bicyclic) bond motifs is 1. The molecule has 5 atom stereocenters. The Morgan fingerprint density at radius 3 is 2.92 bits per heavy atom. The van der Waals surface area contributed by atoms with Crippen molar-refractivity contribution in [2.45, 2.75) is 67.7 Å². The van der Waals surface area contributed by atoms with Crippen molar-refractivity contribution in [2.75, 3.05) is 13.1 Å². The van der Waals surface area contributed by atoms with Crippen LogP contribution in [0.15, 0.2) is 41.8 Å². The highest BCUT2D eigenvalue weighted by molar-refractivity contribution is 7.17. The largest absolute Gasteiger partial charge is 0.504 e. The number of aliphatic hydroxyl groups is 1. The molecule has 2 bridgehead atoms. The van der Waals surface area contributed by atoms with Crippen LogP contribution in [0, 0.1) is 5.92 Å². The zero-order valence-electron chi connectivity index (χ0n) is 20.1. The van der Waals surface area contributed by atoms with E-state index in [4.69, 9.17) is 4.74 Å². The molecule has 5 aliphatic rings. The van der Waals surface area contributed by atoms with Gasteiger partial charge in [0.2, 0.25) is 0 Å². The number of nitrogens with zero attached hydrogens (tertiary/aromatic N) is 1. The fourth-order valence-corrected chi connectivity index (χ4v) is 8.96. The van der Waals surface area contributed by atoms with Gasteiger partial charge < -0.3 is 20.3 Å². The summed E-state index contributed by atoms with van der Waals surface area (Å²) < 4.78 is 7.57. The third-order valence-electron chi connectivity index (χ3n) is 9.80. The molecule has 2 aliphatic heterocycles. The lowest BCUT2D eigenvalue weighted by Gasteiger charge is -2.64. The molecule has 186 valence electrons. The molecule has 7 heteroatoms. The van der Waals surface area contributed by atoms with Crippen LogP contribution in [0.4, 0.5) is 0 Å². The molecule has 1 amide bonds. The lowest BCUT2D eigenvalue weighted by Crippen LogP contribution is -2.78. The van der Waals surface area contributed by atoms with E-state index in [1.807, 2.05) is 35.7 Å². The Balaban J connectivity index is 1.20. The Labute approximate surface area is 213 Å². The summed E-state index contributed by atoms with van der Waals surface area (Å²) in [5.41, 5.74) is 1.30. The molecule has 36 heavy (non-hydrogen) atoms. The Kier molecular flexibility index (Phi) is 4.32. The molecule has 1 aromatic heterocycles. The van der Waals surface area contributed by atoms with Crippen LogP contribution in [-0.4, -0.2) is 57.9 Å². The third-order valence-corrected chi connectivity index (χ3v) is 10.8. The standard InChI is InChI=1S/C29H30N2O4S/c32-21-7-6-18-14-22-29(34)10-8-20(30-27(33)19-3-1-2-17-9-13-36-25(17)19)26-28(29,23(18)24(21)35-26)11-12-31(22)15-16-4-5-16/h1-3,6-7,9,13,16,20,22,26,32,34H,4-5,8,10-12,14-15H2,(H,30,33)/t20-,22-,26+,28+,29-/m1/s1. The van der Waals surface area contributed by atoms with Crippen molar-refractivity contribution in [3.63, 3.8) is 0 Å². The van der Waals surface area contributed by atoms with Crippen LogP contribution in [0.1, 0.15) is 53.6 Å². The number of ether oxygens (including phenoxy) is 1. The molecular weight excluding hydrogens is 472 g/mol. The average Bonchev–Trinajstić information content (AvgIpc) is 3.41. The van der Waals surface area contributed by atoms with E-state index in [-0.39, 0.29) is 23.7 Å². The number of likely N-dealkylation sites (tertiary alicyclic amines) is 1. The molecule has 3 aromatic rings. The molecular formula is C29H30N2O4S. The summed E-state index contributed by atoms with van der Waals surface area (Å²) in [6.07, 6.45) is 4.98. The number of benzene rings is 2. The highest BCUT2D eigenvalue weighted by atomic mass is 32.1. The van der Waals surface area contributed by atoms with Crippen LogP contribution in [0.2, 0.25) is 0 Å². The molecule has 1 saturated heterocycles. The molecule has 3 fully saturated rings. The average molecular weight is 503 g/mol. The molecule has 0 radical (unpaired) electrons. The van der Waals surface area contributed by atoms with Crippen LogP contribution in [0.5, 0.6) is 11.5 Å². The fourth-order valence-electron chi connectivity index (χ4n) is 8.05. The van der Waals surface area contributed by atoms with E-state index in [9.17, 15) is 15.0 Å². The van der Waals surface area contributed by atoms with Gasteiger partial charge in [-0.15, -0.1) is 11.3 Å². The highest BCUT2D eigenvalue weighted by Crippen LogP contribution is 2.65. The third kappa shape index (κ3) is 2.66. The molecule has 6 nitrogen and oxygen atoms in total. The van der Waals surface area contributed by atoms with Gasteiger partial charge >= 0.3 is 0 Å². The summed E-state index contributed by atoms with van der Waals surface area (Å²) in [6.45, 7) is 1.97. The summed E-state index contributed by atoms with van der Waals surface area (Å²) in [5.74, 6) is 1.31. The number of amides is 1. The first-order chi connectivity index (χ1) is 17.5. The van der Waals surface area contributed by atoms with Crippen molar-refractivity contribution in [1.29, 1.82) is 0 Å². The predicted octanol–water partition coefficient (Wildman–Crippen LogP) is 3.97. The van der Waals surface area contributed by atoms with E-state index < -0.39 is 17.1 Å². The van der Waals surface area contributed by atoms with E-state index in [0.29, 0.717) is 24.2 Å². The maximum Gasteiger partial charge on any atom is 0.253 e. The van der Waals surface area contributed by atoms with E-state index in [1.54, 1.807) is 17.4 Å². The number of nitrogens with one attached hydrogen (secondary N) is 1. The van der Waals surface area contributed by atoms with E-state index in [2.05, 4.69) is 10.2 Å². The van der Waals surface area contributed by atoms with Crippen molar-refractivity contribution in [3.8, 4) is 11.5 Å². The van der Waals surface area contributed by atoms with Gasteiger partial charge in [0.1, 0.15) is 6.10 Å². The second-order valence-corrected chi connectivity index (χ2v) is 12.5. The SMILES string of the molecule is O=C(N[C@@H]1CC[C@@]2(O)[C@H]3Cc4ccc(O)c5c4[C@@]2(CCN3CC2CC2)[C@H]1O5)c1cccc2ccsc12. The monoisotopic (exact) mass is 502 g/mol. The number of piperidine rings is 1. The number of rotatable bonds is 4. The Bertz CT molecular complexity index is 1420. The van der Waals surface area contributed by atoms with Crippen molar-refractivity contribution in [2.24, 2.45) is 5.92 Å². The number of hydrogen-bond donors (Lipinski definition) is 3. The summed E-state index contributed by atoms with van der Waals surface area (Å²) >= 11 is 1.58. The number of hydrogen-bond acceptors (Lipinski definition) is 6. The second kappa shape index (κ2) is 7.24. The summed E-state index contributed by atoms with van der Waals surface area (Å²) in [6, 6.07) is 11.4. The molecule has 1 spiro atoms. The Morgan fingerprint density at radius 1 is 1.17 bits per heavy atom. The first kappa shape index (κ1) is 21.5.